The molecule has 1 N–H and O–H groups in total. The van der Waals surface area contributed by atoms with E-state index in [-0.39, 0.29) is 11.3 Å². The van der Waals surface area contributed by atoms with Crippen molar-refractivity contribution in [2.45, 2.75) is 20.4 Å². The van der Waals surface area contributed by atoms with Crippen LogP contribution in [0.1, 0.15) is 18.1 Å². The van der Waals surface area contributed by atoms with Crippen molar-refractivity contribution in [3.8, 4) is 0 Å². The summed E-state index contributed by atoms with van der Waals surface area (Å²) < 4.78 is 25.3. The van der Waals surface area contributed by atoms with Crippen LogP contribution in [0.25, 0.3) is 10.9 Å². The summed E-state index contributed by atoms with van der Waals surface area (Å²) in [5.41, 5.74) is 2.58. The minimum Gasteiger partial charge on any atom is -0.321 e. The van der Waals surface area contributed by atoms with Crippen LogP contribution in [0.3, 0.4) is 0 Å². The van der Waals surface area contributed by atoms with Crippen LogP contribution >= 0.6 is 0 Å². The third kappa shape index (κ3) is 3.38. The number of sulfonamides is 1. The smallest absolute Gasteiger partial charge is 0.252 e. The Morgan fingerprint density at radius 1 is 1.17 bits per heavy atom. The molecule has 130 valence electrons. The van der Waals surface area contributed by atoms with Crippen molar-refractivity contribution in [2.75, 3.05) is 31.9 Å². The third-order valence-corrected chi connectivity index (χ3v) is 6.53. The molecule has 1 aliphatic rings. The zero-order valence-corrected chi connectivity index (χ0v) is 14.9. The topological polar surface area (TPSA) is 73.5 Å². The average molecular weight is 349 g/mol. The number of piperazine rings is 1. The van der Waals surface area contributed by atoms with Gasteiger partial charge in [-0.1, -0.05) is 18.2 Å². The van der Waals surface area contributed by atoms with Gasteiger partial charge in [-0.3, -0.25) is 9.69 Å². The van der Waals surface area contributed by atoms with E-state index in [1.165, 1.54) is 4.31 Å². The second-order valence-electron chi connectivity index (χ2n) is 6.24. The number of benzene rings is 1. The zero-order valence-electron chi connectivity index (χ0n) is 14.1. The average Bonchev–Trinajstić information content (AvgIpc) is 2.57. The molecule has 1 aliphatic heterocycles. The largest absolute Gasteiger partial charge is 0.321 e. The number of rotatable bonds is 4. The van der Waals surface area contributed by atoms with Crippen LogP contribution in [0.5, 0.6) is 0 Å². The number of fused-ring (bicyclic) bond motifs is 1. The first kappa shape index (κ1) is 17.1. The molecule has 1 aromatic carbocycles. The Hall–Kier alpha value is -1.70. The Labute approximate surface area is 142 Å². The normalized spacial score (nSPS) is 17.4. The molecule has 6 nitrogen and oxygen atoms in total. The molecule has 0 atom stereocenters. The van der Waals surface area contributed by atoms with Crippen LogP contribution in [0.2, 0.25) is 0 Å². The highest BCUT2D eigenvalue weighted by Gasteiger charge is 2.25. The summed E-state index contributed by atoms with van der Waals surface area (Å²) in [6.07, 6.45) is 0. The molecule has 0 amide bonds. The van der Waals surface area contributed by atoms with Gasteiger partial charge in [-0.15, -0.1) is 0 Å². The summed E-state index contributed by atoms with van der Waals surface area (Å²) in [5.74, 6) is 0.136. The fraction of sp³-hybridized carbons (Fsp3) is 0.471. The number of aromatic nitrogens is 1. The van der Waals surface area contributed by atoms with Crippen LogP contribution in [-0.2, 0) is 16.6 Å². The minimum atomic E-state index is -3.12. The molecule has 1 fully saturated rings. The third-order valence-electron chi connectivity index (χ3n) is 4.65. The van der Waals surface area contributed by atoms with Gasteiger partial charge in [-0.05, 0) is 30.9 Å². The van der Waals surface area contributed by atoms with Gasteiger partial charge in [0.2, 0.25) is 10.0 Å². The molecule has 0 bridgehead atoms. The predicted octanol–water partition coefficient (Wildman–Crippen LogP) is 1.30. The van der Waals surface area contributed by atoms with Crippen molar-refractivity contribution in [3.05, 3.63) is 45.7 Å². The highest BCUT2D eigenvalue weighted by atomic mass is 32.2. The Balaban J connectivity index is 1.75. The summed E-state index contributed by atoms with van der Waals surface area (Å²) in [4.78, 5) is 17.4. The second kappa shape index (κ2) is 6.66. The predicted molar refractivity (Wildman–Crippen MR) is 95.6 cm³/mol. The highest BCUT2D eigenvalue weighted by molar-refractivity contribution is 7.89. The summed E-state index contributed by atoms with van der Waals surface area (Å²) >= 11 is 0. The number of nitrogens with zero attached hydrogens (tertiary/aromatic N) is 2. The lowest BCUT2D eigenvalue weighted by molar-refractivity contribution is 0.181. The maximum absolute atomic E-state index is 12.3. The molecular formula is C17H23N3O3S. The fourth-order valence-electron chi connectivity index (χ4n) is 3.14. The van der Waals surface area contributed by atoms with Gasteiger partial charge < -0.3 is 4.98 Å². The van der Waals surface area contributed by atoms with Crippen molar-refractivity contribution in [2.24, 2.45) is 0 Å². The van der Waals surface area contributed by atoms with Crippen molar-refractivity contribution in [3.63, 3.8) is 0 Å². The van der Waals surface area contributed by atoms with Crippen molar-refractivity contribution in [1.82, 2.24) is 14.2 Å². The summed E-state index contributed by atoms with van der Waals surface area (Å²) in [5, 5.41) is 1.02. The molecule has 0 radical (unpaired) electrons. The highest BCUT2D eigenvalue weighted by Crippen LogP contribution is 2.16. The maximum Gasteiger partial charge on any atom is 0.252 e. The SMILES string of the molecule is CCS(=O)(=O)N1CCN(Cc2cc3cccc(C)c3[nH]c2=O)CC1. The number of aromatic amines is 1. The van der Waals surface area contributed by atoms with E-state index >= 15 is 0 Å². The van der Waals surface area contributed by atoms with Crippen LogP contribution in [0, 0.1) is 6.92 Å². The van der Waals surface area contributed by atoms with Gasteiger partial charge in [0, 0.05) is 38.3 Å². The molecule has 2 aromatic rings. The van der Waals surface area contributed by atoms with Crippen LogP contribution in [0.15, 0.2) is 29.1 Å². The fourth-order valence-corrected chi connectivity index (χ4v) is 4.22. The Morgan fingerprint density at radius 2 is 1.88 bits per heavy atom. The van der Waals surface area contributed by atoms with E-state index < -0.39 is 10.0 Å². The summed E-state index contributed by atoms with van der Waals surface area (Å²) in [6, 6.07) is 7.89. The first-order chi connectivity index (χ1) is 11.4. The van der Waals surface area contributed by atoms with Gasteiger partial charge in [0.1, 0.15) is 0 Å². The number of para-hydroxylation sites is 1. The van der Waals surface area contributed by atoms with Crippen LogP contribution in [0.4, 0.5) is 0 Å². The van der Waals surface area contributed by atoms with E-state index in [0.717, 1.165) is 22.0 Å². The molecule has 24 heavy (non-hydrogen) atoms. The summed E-state index contributed by atoms with van der Waals surface area (Å²) in [6.45, 7) is 6.44. The number of pyridine rings is 1. The lowest BCUT2D eigenvalue weighted by Gasteiger charge is -2.33. The molecular weight excluding hydrogens is 326 g/mol. The quantitative estimate of drug-likeness (QED) is 0.903. The first-order valence-corrected chi connectivity index (χ1v) is 9.83. The standard InChI is InChI=1S/C17H23N3O3S/c1-3-24(22,23)20-9-7-19(8-10-20)12-15-11-14-6-4-5-13(2)16(14)18-17(15)21/h4-6,11H,3,7-10,12H2,1-2H3,(H,18,21). The van der Waals surface area contributed by atoms with Gasteiger partial charge >= 0.3 is 0 Å². The molecule has 0 unspecified atom stereocenters. The van der Waals surface area contributed by atoms with E-state index in [1.807, 2.05) is 31.2 Å². The van der Waals surface area contributed by atoms with Gasteiger partial charge in [0.05, 0.1) is 11.3 Å². The number of hydrogen-bond acceptors (Lipinski definition) is 4. The zero-order chi connectivity index (χ0) is 17.3. The molecule has 7 heteroatoms. The number of hydrogen-bond donors (Lipinski definition) is 1. The van der Waals surface area contributed by atoms with E-state index in [4.69, 9.17) is 0 Å². The van der Waals surface area contributed by atoms with Crippen molar-refractivity contribution >= 4 is 20.9 Å². The first-order valence-electron chi connectivity index (χ1n) is 8.22. The molecule has 1 saturated heterocycles. The molecule has 3 rings (SSSR count). The Morgan fingerprint density at radius 3 is 2.54 bits per heavy atom. The lowest BCUT2D eigenvalue weighted by Crippen LogP contribution is -2.49. The molecule has 0 spiro atoms. The van der Waals surface area contributed by atoms with E-state index in [9.17, 15) is 13.2 Å². The second-order valence-corrected chi connectivity index (χ2v) is 8.50. The van der Waals surface area contributed by atoms with Crippen molar-refractivity contribution in [1.29, 1.82) is 0 Å². The van der Waals surface area contributed by atoms with Gasteiger partial charge in [0.15, 0.2) is 0 Å². The van der Waals surface area contributed by atoms with Crippen molar-refractivity contribution < 1.29 is 8.42 Å². The maximum atomic E-state index is 12.3. The van der Waals surface area contributed by atoms with E-state index in [1.54, 1.807) is 6.92 Å². The minimum absolute atomic E-state index is 0.0691. The van der Waals surface area contributed by atoms with Gasteiger partial charge in [0.25, 0.3) is 5.56 Å². The molecule has 0 aliphatic carbocycles. The number of nitrogens with one attached hydrogen (secondary N) is 1. The van der Waals surface area contributed by atoms with Crippen LogP contribution in [-0.4, -0.2) is 54.5 Å². The summed E-state index contributed by atoms with van der Waals surface area (Å²) in [7, 11) is -3.12. The number of H-pyrrole nitrogens is 1. The van der Waals surface area contributed by atoms with E-state index in [0.29, 0.717) is 32.7 Å². The lowest BCUT2D eigenvalue weighted by atomic mass is 10.1. The molecule has 2 heterocycles. The molecule has 1 aromatic heterocycles. The number of aryl methyl sites for hydroxylation is 1. The Kier molecular flexibility index (Phi) is 4.76. The van der Waals surface area contributed by atoms with E-state index in [2.05, 4.69) is 9.88 Å². The van der Waals surface area contributed by atoms with Gasteiger partial charge in [-0.2, -0.15) is 4.31 Å². The molecule has 0 saturated carbocycles. The van der Waals surface area contributed by atoms with Crippen LogP contribution < -0.4 is 5.56 Å². The Bertz CT molecular complexity index is 897. The van der Waals surface area contributed by atoms with Gasteiger partial charge in [-0.25, -0.2) is 8.42 Å². The monoisotopic (exact) mass is 349 g/mol.